The fourth-order valence-electron chi connectivity index (χ4n) is 4.08. The first-order valence-electron chi connectivity index (χ1n) is 11.2. The molecule has 182 valence electrons. The third kappa shape index (κ3) is 4.80. The molecule has 0 unspecified atom stereocenters. The molecular formula is C22H28N6O5S. The predicted molar refractivity (Wildman–Crippen MR) is 128 cm³/mol. The third-order valence-electron chi connectivity index (χ3n) is 5.97. The lowest BCUT2D eigenvalue weighted by atomic mass is 10.2. The first kappa shape index (κ1) is 22.8. The molecule has 2 aliphatic rings. The Labute approximate surface area is 201 Å². The molecule has 2 aromatic heterocycles. The fourth-order valence-corrected chi connectivity index (χ4v) is 5.09. The summed E-state index contributed by atoms with van der Waals surface area (Å²) in [6.45, 7) is 6.80. The lowest BCUT2D eigenvalue weighted by Gasteiger charge is -2.29. The molecule has 0 bridgehead atoms. The van der Waals surface area contributed by atoms with Crippen molar-refractivity contribution in [2.75, 3.05) is 69.9 Å². The van der Waals surface area contributed by atoms with Crippen LogP contribution in [0.3, 0.4) is 0 Å². The van der Waals surface area contributed by atoms with Crippen molar-refractivity contribution in [1.82, 2.24) is 19.4 Å². The average molecular weight is 489 g/mol. The molecule has 0 atom stereocenters. The second-order valence-electron chi connectivity index (χ2n) is 8.06. The molecule has 2 saturated heterocycles. The van der Waals surface area contributed by atoms with E-state index in [1.165, 1.54) is 11.3 Å². The molecule has 2 aliphatic heterocycles. The Hall–Kier alpha value is -2.93. The number of hydrogen-bond donors (Lipinski definition) is 1. The first-order valence-corrected chi connectivity index (χ1v) is 12.0. The maximum Gasteiger partial charge on any atom is 0.420 e. The molecule has 1 N–H and O–H groups in total. The number of imidazole rings is 1. The van der Waals surface area contributed by atoms with Crippen molar-refractivity contribution >= 4 is 38.5 Å². The number of anilines is 2. The van der Waals surface area contributed by atoms with Gasteiger partial charge >= 0.3 is 6.09 Å². The number of benzene rings is 1. The van der Waals surface area contributed by atoms with Crippen LogP contribution >= 0.6 is 11.3 Å². The number of nitrogens with one attached hydrogen (secondary N) is 1. The normalized spacial score (nSPS) is 17.2. The number of nitrogens with zero attached hydrogens (tertiary/aromatic N) is 5. The number of methoxy groups -OCH3 is 1. The van der Waals surface area contributed by atoms with Gasteiger partial charge < -0.3 is 28.4 Å². The van der Waals surface area contributed by atoms with E-state index in [4.69, 9.17) is 18.9 Å². The van der Waals surface area contributed by atoms with Crippen molar-refractivity contribution in [3.8, 4) is 11.6 Å². The summed E-state index contributed by atoms with van der Waals surface area (Å²) < 4.78 is 24.6. The Morgan fingerprint density at radius 1 is 1.15 bits per heavy atom. The number of hydrogen-bond acceptors (Lipinski definition) is 10. The fraction of sp³-hybridized carbons (Fsp3) is 0.500. The van der Waals surface area contributed by atoms with Gasteiger partial charge in [0.15, 0.2) is 5.13 Å². The summed E-state index contributed by atoms with van der Waals surface area (Å²) in [7, 11) is 3.45. The lowest BCUT2D eigenvalue weighted by Crippen LogP contribution is -2.36. The Balaban J connectivity index is 1.30. The number of amides is 1. The molecule has 11 nitrogen and oxygen atoms in total. The van der Waals surface area contributed by atoms with Gasteiger partial charge in [-0.05, 0) is 12.1 Å². The summed E-state index contributed by atoms with van der Waals surface area (Å²) in [6.07, 6.45) is 0.944. The summed E-state index contributed by atoms with van der Waals surface area (Å²) in [5.41, 5.74) is 1.76. The van der Waals surface area contributed by atoms with Crippen molar-refractivity contribution in [1.29, 1.82) is 0 Å². The number of ether oxygens (including phenoxy) is 4. The summed E-state index contributed by atoms with van der Waals surface area (Å²) in [4.78, 5) is 26.2. The largest absolute Gasteiger partial charge is 0.494 e. The van der Waals surface area contributed by atoms with Crippen LogP contribution in [0.1, 0.15) is 5.82 Å². The second-order valence-corrected chi connectivity index (χ2v) is 9.06. The third-order valence-corrected chi connectivity index (χ3v) is 6.97. The van der Waals surface area contributed by atoms with E-state index in [2.05, 4.69) is 25.1 Å². The van der Waals surface area contributed by atoms with E-state index in [1.807, 2.05) is 19.2 Å². The predicted octanol–water partition coefficient (Wildman–Crippen LogP) is 2.32. The van der Waals surface area contributed by atoms with E-state index in [1.54, 1.807) is 17.9 Å². The van der Waals surface area contributed by atoms with E-state index in [0.29, 0.717) is 42.0 Å². The molecule has 0 aliphatic carbocycles. The number of rotatable bonds is 6. The standard InChI is InChI=1S/C22H28N6O5S/c1-26-17(14-27-5-9-31-10-6-27)23-13-18(26)33-22(29)25-21-24-19-16(30-2)4-3-15(20(19)34-21)28-7-11-32-12-8-28/h3-4,13H,5-12,14H2,1-2H3,(H,24,25,29). The van der Waals surface area contributed by atoms with Crippen molar-refractivity contribution in [2.45, 2.75) is 6.54 Å². The van der Waals surface area contributed by atoms with Gasteiger partial charge in [-0.15, -0.1) is 0 Å². The van der Waals surface area contributed by atoms with Crippen molar-refractivity contribution in [3.05, 3.63) is 24.2 Å². The zero-order chi connectivity index (χ0) is 23.5. The van der Waals surface area contributed by atoms with Crippen LogP contribution < -0.4 is 19.7 Å². The lowest BCUT2D eigenvalue weighted by molar-refractivity contribution is 0.0326. The monoisotopic (exact) mass is 488 g/mol. The molecule has 12 heteroatoms. The number of aromatic nitrogens is 3. The van der Waals surface area contributed by atoms with Crippen molar-refractivity contribution in [3.63, 3.8) is 0 Å². The second kappa shape index (κ2) is 10.1. The van der Waals surface area contributed by atoms with Crippen LogP contribution in [0.25, 0.3) is 10.2 Å². The maximum absolute atomic E-state index is 12.7. The number of carbonyl (C=O) groups excluding carboxylic acids is 1. The van der Waals surface area contributed by atoms with Gasteiger partial charge in [-0.1, -0.05) is 11.3 Å². The van der Waals surface area contributed by atoms with Crippen LogP contribution in [-0.2, 0) is 23.1 Å². The SMILES string of the molecule is COc1ccc(N2CCOCC2)c2sc(NC(=O)Oc3cnc(CN4CCOCC4)n3C)nc12. The zero-order valence-electron chi connectivity index (χ0n) is 19.3. The van der Waals surface area contributed by atoms with E-state index in [9.17, 15) is 4.79 Å². The van der Waals surface area contributed by atoms with Gasteiger partial charge in [-0.25, -0.2) is 14.8 Å². The molecule has 1 amide bonds. The van der Waals surface area contributed by atoms with Crippen LogP contribution in [0.5, 0.6) is 11.6 Å². The van der Waals surface area contributed by atoms with Gasteiger partial charge in [0, 0.05) is 33.2 Å². The summed E-state index contributed by atoms with van der Waals surface area (Å²) in [6, 6.07) is 3.93. The maximum atomic E-state index is 12.7. The topological polar surface area (TPSA) is 103 Å². The van der Waals surface area contributed by atoms with E-state index >= 15 is 0 Å². The van der Waals surface area contributed by atoms with Gasteiger partial charge in [0.1, 0.15) is 17.1 Å². The molecule has 0 saturated carbocycles. The minimum Gasteiger partial charge on any atom is -0.494 e. The zero-order valence-corrected chi connectivity index (χ0v) is 20.1. The molecule has 1 aromatic carbocycles. The highest BCUT2D eigenvalue weighted by Gasteiger charge is 2.21. The van der Waals surface area contributed by atoms with E-state index < -0.39 is 6.09 Å². The van der Waals surface area contributed by atoms with Gasteiger partial charge in [0.2, 0.25) is 5.88 Å². The van der Waals surface area contributed by atoms with Crippen LogP contribution in [-0.4, -0.2) is 85.2 Å². The number of morpholine rings is 2. The number of carbonyl (C=O) groups is 1. The van der Waals surface area contributed by atoms with Crippen molar-refractivity contribution in [2.24, 2.45) is 7.05 Å². The summed E-state index contributed by atoms with van der Waals surface area (Å²) in [5, 5.41) is 3.20. The van der Waals surface area contributed by atoms with Crippen LogP contribution in [0, 0.1) is 0 Å². The number of thiazole rings is 1. The van der Waals surface area contributed by atoms with Crippen LogP contribution in [0.15, 0.2) is 18.3 Å². The highest BCUT2D eigenvalue weighted by Crippen LogP contribution is 2.39. The minimum absolute atomic E-state index is 0.369. The molecule has 0 radical (unpaired) electrons. The molecule has 34 heavy (non-hydrogen) atoms. The first-order chi connectivity index (χ1) is 16.6. The Kier molecular flexibility index (Phi) is 6.81. The molecular weight excluding hydrogens is 460 g/mol. The molecule has 3 aromatic rings. The van der Waals surface area contributed by atoms with Gasteiger partial charge in [-0.2, -0.15) is 0 Å². The van der Waals surface area contributed by atoms with Gasteiger partial charge in [0.25, 0.3) is 0 Å². The Bertz CT molecular complexity index is 1150. The van der Waals surface area contributed by atoms with E-state index in [0.717, 1.165) is 55.6 Å². The Morgan fingerprint density at radius 3 is 2.62 bits per heavy atom. The summed E-state index contributed by atoms with van der Waals surface area (Å²) >= 11 is 1.39. The number of fused-ring (bicyclic) bond motifs is 1. The molecule has 2 fully saturated rings. The van der Waals surface area contributed by atoms with Gasteiger partial charge in [0.05, 0.1) is 56.7 Å². The highest BCUT2D eigenvalue weighted by atomic mass is 32.1. The smallest absolute Gasteiger partial charge is 0.420 e. The quantitative estimate of drug-likeness (QED) is 0.560. The molecule has 0 spiro atoms. The van der Waals surface area contributed by atoms with Gasteiger partial charge in [-0.3, -0.25) is 10.2 Å². The highest BCUT2D eigenvalue weighted by molar-refractivity contribution is 7.23. The van der Waals surface area contributed by atoms with Crippen molar-refractivity contribution < 1.29 is 23.7 Å². The molecule has 5 rings (SSSR count). The molecule has 4 heterocycles. The van der Waals surface area contributed by atoms with Crippen LogP contribution in [0.4, 0.5) is 15.6 Å². The average Bonchev–Trinajstić information content (AvgIpc) is 3.43. The Morgan fingerprint density at radius 2 is 1.88 bits per heavy atom. The van der Waals surface area contributed by atoms with Crippen LogP contribution in [0.2, 0.25) is 0 Å². The summed E-state index contributed by atoms with van der Waals surface area (Å²) in [5.74, 6) is 1.85. The van der Waals surface area contributed by atoms with E-state index in [-0.39, 0.29) is 0 Å². The minimum atomic E-state index is -0.619.